The standard InChI is InChI=1S/C14H22O/c1-5-6-14(15)12(4)13-8-7-10(2)11(3)9-13/h7-9,12,14-15H,5-6H2,1-4H3. The molecule has 2 unspecified atom stereocenters. The van der Waals surface area contributed by atoms with Crippen LogP contribution < -0.4 is 0 Å². The Morgan fingerprint density at radius 1 is 1.20 bits per heavy atom. The average molecular weight is 206 g/mol. The summed E-state index contributed by atoms with van der Waals surface area (Å²) in [5.41, 5.74) is 3.87. The molecular weight excluding hydrogens is 184 g/mol. The molecule has 0 heterocycles. The molecule has 0 aliphatic heterocycles. The number of hydrogen-bond donors (Lipinski definition) is 1. The molecule has 1 rings (SSSR count). The number of rotatable bonds is 4. The van der Waals surface area contributed by atoms with Crippen molar-refractivity contribution < 1.29 is 5.11 Å². The van der Waals surface area contributed by atoms with E-state index >= 15 is 0 Å². The second kappa shape index (κ2) is 5.32. The van der Waals surface area contributed by atoms with Gasteiger partial charge in [-0.05, 0) is 37.0 Å². The van der Waals surface area contributed by atoms with Gasteiger partial charge in [-0.15, -0.1) is 0 Å². The molecule has 84 valence electrons. The van der Waals surface area contributed by atoms with Crippen LogP contribution >= 0.6 is 0 Å². The Bertz CT molecular complexity index is 317. The van der Waals surface area contributed by atoms with E-state index < -0.39 is 0 Å². The second-order valence-corrected chi connectivity index (χ2v) is 4.49. The normalized spacial score (nSPS) is 15.0. The van der Waals surface area contributed by atoms with Crippen molar-refractivity contribution in [2.24, 2.45) is 0 Å². The minimum atomic E-state index is -0.211. The molecule has 0 saturated carbocycles. The zero-order valence-electron chi connectivity index (χ0n) is 10.2. The molecule has 1 aromatic rings. The largest absolute Gasteiger partial charge is 0.393 e. The fourth-order valence-corrected chi connectivity index (χ4v) is 1.82. The summed E-state index contributed by atoms with van der Waals surface area (Å²) in [6, 6.07) is 6.46. The van der Waals surface area contributed by atoms with Crippen molar-refractivity contribution in [3.05, 3.63) is 34.9 Å². The molecule has 0 spiro atoms. The fourth-order valence-electron chi connectivity index (χ4n) is 1.82. The van der Waals surface area contributed by atoms with Crippen LogP contribution in [0.3, 0.4) is 0 Å². The quantitative estimate of drug-likeness (QED) is 0.798. The van der Waals surface area contributed by atoms with Crippen molar-refractivity contribution in [3.63, 3.8) is 0 Å². The van der Waals surface area contributed by atoms with E-state index in [1.54, 1.807) is 0 Å². The van der Waals surface area contributed by atoms with E-state index in [2.05, 4.69) is 45.9 Å². The van der Waals surface area contributed by atoms with Gasteiger partial charge in [0.2, 0.25) is 0 Å². The smallest absolute Gasteiger partial charge is 0.0606 e. The first-order valence-corrected chi connectivity index (χ1v) is 5.81. The van der Waals surface area contributed by atoms with Crippen molar-refractivity contribution in [1.29, 1.82) is 0 Å². The molecule has 1 nitrogen and oxygen atoms in total. The van der Waals surface area contributed by atoms with Gasteiger partial charge in [-0.2, -0.15) is 0 Å². The van der Waals surface area contributed by atoms with Gasteiger partial charge in [0.25, 0.3) is 0 Å². The monoisotopic (exact) mass is 206 g/mol. The summed E-state index contributed by atoms with van der Waals surface area (Å²) in [5, 5.41) is 9.93. The van der Waals surface area contributed by atoms with Gasteiger partial charge in [-0.3, -0.25) is 0 Å². The zero-order valence-corrected chi connectivity index (χ0v) is 10.2. The van der Waals surface area contributed by atoms with Crippen LogP contribution in [-0.2, 0) is 0 Å². The van der Waals surface area contributed by atoms with E-state index in [0.29, 0.717) is 0 Å². The van der Waals surface area contributed by atoms with Gasteiger partial charge >= 0.3 is 0 Å². The minimum Gasteiger partial charge on any atom is -0.393 e. The first-order chi connectivity index (χ1) is 7.06. The topological polar surface area (TPSA) is 20.2 Å². The van der Waals surface area contributed by atoms with E-state index in [4.69, 9.17) is 0 Å². The van der Waals surface area contributed by atoms with Gasteiger partial charge in [0.1, 0.15) is 0 Å². The van der Waals surface area contributed by atoms with Crippen molar-refractivity contribution in [1.82, 2.24) is 0 Å². The Kier molecular flexibility index (Phi) is 4.34. The molecular formula is C14H22O. The molecule has 15 heavy (non-hydrogen) atoms. The highest BCUT2D eigenvalue weighted by Gasteiger charge is 2.15. The summed E-state index contributed by atoms with van der Waals surface area (Å²) in [5.74, 6) is 0.240. The molecule has 0 fully saturated rings. The summed E-state index contributed by atoms with van der Waals surface area (Å²) in [7, 11) is 0. The van der Waals surface area contributed by atoms with Crippen molar-refractivity contribution in [2.45, 2.75) is 52.6 Å². The maximum Gasteiger partial charge on any atom is 0.0606 e. The average Bonchev–Trinajstić information content (AvgIpc) is 2.21. The predicted octanol–water partition coefficient (Wildman–Crippen LogP) is 3.57. The summed E-state index contributed by atoms with van der Waals surface area (Å²) < 4.78 is 0. The highest BCUT2D eigenvalue weighted by atomic mass is 16.3. The van der Waals surface area contributed by atoms with Gasteiger partial charge in [-0.1, -0.05) is 38.5 Å². The van der Waals surface area contributed by atoms with Crippen molar-refractivity contribution >= 4 is 0 Å². The molecule has 0 aliphatic carbocycles. The van der Waals surface area contributed by atoms with E-state index in [9.17, 15) is 5.11 Å². The van der Waals surface area contributed by atoms with Crippen molar-refractivity contribution in [3.8, 4) is 0 Å². The maximum absolute atomic E-state index is 9.93. The van der Waals surface area contributed by atoms with Gasteiger partial charge in [0.15, 0.2) is 0 Å². The first-order valence-electron chi connectivity index (χ1n) is 5.81. The lowest BCUT2D eigenvalue weighted by Gasteiger charge is -2.19. The fraction of sp³-hybridized carbons (Fsp3) is 0.571. The molecule has 0 radical (unpaired) electrons. The molecule has 2 atom stereocenters. The molecule has 0 aromatic heterocycles. The Morgan fingerprint density at radius 3 is 2.40 bits per heavy atom. The predicted molar refractivity (Wildman–Crippen MR) is 65.2 cm³/mol. The van der Waals surface area contributed by atoms with Crippen LogP contribution in [0.15, 0.2) is 18.2 Å². The Labute approximate surface area is 93.1 Å². The highest BCUT2D eigenvalue weighted by molar-refractivity contribution is 5.32. The SMILES string of the molecule is CCCC(O)C(C)c1ccc(C)c(C)c1. The van der Waals surface area contributed by atoms with E-state index in [1.165, 1.54) is 16.7 Å². The third-order valence-electron chi connectivity index (χ3n) is 3.22. The number of benzene rings is 1. The van der Waals surface area contributed by atoms with Crippen molar-refractivity contribution in [2.75, 3.05) is 0 Å². The van der Waals surface area contributed by atoms with Gasteiger partial charge in [0.05, 0.1) is 6.10 Å². The van der Waals surface area contributed by atoms with E-state index in [-0.39, 0.29) is 12.0 Å². The van der Waals surface area contributed by atoms with Crippen LogP contribution in [0.1, 0.15) is 49.3 Å². The third-order valence-corrected chi connectivity index (χ3v) is 3.22. The van der Waals surface area contributed by atoms with Crippen LogP contribution in [0.25, 0.3) is 0 Å². The molecule has 0 amide bonds. The summed E-state index contributed by atoms with van der Waals surface area (Å²) in [4.78, 5) is 0. The molecule has 0 aliphatic rings. The summed E-state index contributed by atoms with van der Waals surface area (Å²) in [6.07, 6.45) is 1.71. The van der Waals surface area contributed by atoms with Crippen LogP contribution in [-0.4, -0.2) is 11.2 Å². The van der Waals surface area contributed by atoms with Crippen LogP contribution in [0.5, 0.6) is 0 Å². The second-order valence-electron chi connectivity index (χ2n) is 4.49. The molecule has 1 N–H and O–H groups in total. The number of aliphatic hydroxyl groups is 1. The first kappa shape index (κ1) is 12.3. The minimum absolute atomic E-state index is 0.211. The maximum atomic E-state index is 9.93. The summed E-state index contributed by atoms with van der Waals surface area (Å²) in [6.45, 7) is 8.45. The number of aliphatic hydroxyl groups excluding tert-OH is 1. The Morgan fingerprint density at radius 2 is 1.87 bits per heavy atom. The third kappa shape index (κ3) is 3.07. The lowest BCUT2D eigenvalue weighted by atomic mass is 9.91. The molecule has 1 aromatic carbocycles. The van der Waals surface area contributed by atoms with Gasteiger partial charge in [0, 0.05) is 5.92 Å². The zero-order chi connectivity index (χ0) is 11.4. The lowest BCUT2D eigenvalue weighted by Crippen LogP contribution is -2.15. The van der Waals surface area contributed by atoms with Crippen LogP contribution in [0.4, 0.5) is 0 Å². The van der Waals surface area contributed by atoms with Gasteiger partial charge in [-0.25, -0.2) is 0 Å². The number of aryl methyl sites for hydroxylation is 2. The van der Waals surface area contributed by atoms with E-state index in [1.807, 2.05) is 0 Å². The molecule has 1 heteroatoms. The lowest BCUT2D eigenvalue weighted by molar-refractivity contribution is 0.138. The van der Waals surface area contributed by atoms with Crippen LogP contribution in [0, 0.1) is 13.8 Å². The molecule has 0 saturated heterocycles. The highest BCUT2D eigenvalue weighted by Crippen LogP contribution is 2.23. The van der Waals surface area contributed by atoms with Crippen LogP contribution in [0.2, 0.25) is 0 Å². The number of hydrogen-bond acceptors (Lipinski definition) is 1. The van der Waals surface area contributed by atoms with Gasteiger partial charge < -0.3 is 5.11 Å². The Hall–Kier alpha value is -0.820. The van der Waals surface area contributed by atoms with E-state index in [0.717, 1.165) is 12.8 Å². The molecule has 0 bridgehead atoms. The summed E-state index contributed by atoms with van der Waals surface area (Å²) >= 11 is 0. The Balaban J connectivity index is 2.81.